The molecule has 0 saturated carbocycles. The van der Waals surface area contributed by atoms with E-state index in [1.54, 1.807) is 12.3 Å². The molecular weight excluding hydrogens is 345 g/mol. The minimum absolute atomic E-state index is 0.0556. The summed E-state index contributed by atoms with van der Waals surface area (Å²) in [5.74, 6) is 0.845. The van der Waals surface area contributed by atoms with Crippen molar-refractivity contribution in [1.82, 2.24) is 14.7 Å². The molecule has 0 saturated heterocycles. The molecule has 0 fully saturated rings. The van der Waals surface area contributed by atoms with Gasteiger partial charge < -0.3 is 0 Å². The molecule has 22 heavy (non-hydrogen) atoms. The highest BCUT2D eigenvalue weighted by Crippen LogP contribution is 2.24. The molecular formula is C14H15Cl2N3O2S. The average molecular weight is 360 g/mol. The number of nitrogens with one attached hydrogen (secondary N) is 1. The fourth-order valence-electron chi connectivity index (χ4n) is 1.69. The van der Waals surface area contributed by atoms with Crippen LogP contribution in [0, 0.1) is 0 Å². The number of aromatic nitrogens is 2. The van der Waals surface area contributed by atoms with Gasteiger partial charge in [0.1, 0.15) is 5.82 Å². The summed E-state index contributed by atoms with van der Waals surface area (Å²) in [5, 5.41) is 0.492. The van der Waals surface area contributed by atoms with Gasteiger partial charge in [-0.05, 0) is 24.3 Å². The van der Waals surface area contributed by atoms with Gasteiger partial charge in [0.2, 0.25) is 10.0 Å². The quantitative estimate of drug-likeness (QED) is 0.887. The highest BCUT2D eigenvalue weighted by Gasteiger charge is 2.16. The van der Waals surface area contributed by atoms with Crippen LogP contribution in [-0.2, 0) is 16.6 Å². The van der Waals surface area contributed by atoms with Gasteiger partial charge in [0.05, 0.1) is 27.2 Å². The molecule has 2 rings (SSSR count). The average Bonchev–Trinajstić information content (AvgIpc) is 2.48. The van der Waals surface area contributed by atoms with E-state index in [9.17, 15) is 8.42 Å². The van der Waals surface area contributed by atoms with E-state index >= 15 is 0 Å². The lowest BCUT2D eigenvalue weighted by atomic mass is 10.2. The first-order valence-corrected chi connectivity index (χ1v) is 8.80. The number of benzene rings is 1. The van der Waals surface area contributed by atoms with E-state index in [0.29, 0.717) is 16.5 Å². The van der Waals surface area contributed by atoms with Crippen molar-refractivity contribution in [2.75, 3.05) is 0 Å². The van der Waals surface area contributed by atoms with E-state index in [1.165, 1.54) is 18.2 Å². The maximum atomic E-state index is 12.2. The van der Waals surface area contributed by atoms with Gasteiger partial charge in [-0.15, -0.1) is 0 Å². The van der Waals surface area contributed by atoms with E-state index in [4.69, 9.17) is 23.2 Å². The van der Waals surface area contributed by atoms with Crippen molar-refractivity contribution >= 4 is 33.2 Å². The molecule has 1 heterocycles. The van der Waals surface area contributed by atoms with Gasteiger partial charge in [-0.1, -0.05) is 37.0 Å². The summed E-state index contributed by atoms with van der Waals surface area (Å²) < 4.78 is 26.9. The molecule has 1 aromatic carbocycles. The van der Waals surface area contributed by atoms with E-state index in [1.807, 2.05) is 13.8 Å². The first-order chi connectivity index (χ1) is 10.3. The van der Waals surface area contributed by atoms with E-state index in [2.05, 4.69) is 14.7 Å². The van der Waals surface area contributed by atoms with Gasteiger partial charge >= 0.3 is 0 Å². The van der Waals surface area contributed by atoms with Crippen LogP contribution < -0.4 is 4.72 Å². The molecule has 2 aromatic rings. The van der Waals surface area contributed by atoms with Crippen molar-refractivity contribution in [3.8, 4) is 0 Å². The summed E-state index contributed by atoms with van der Waals surface area (Å²) in [6.07, 6.45) is 1.62. The Morgan fingerprint density at radius 2 is 1.91 bits per heavy atom. The summed E-state index contributed by atoms with van der Waals surface area (Å²) in [5.41, 5.74) is 0.599. The molecule has 0 aliphatic carbocycles. The predicted molar refractivity (Wildman–Crippen MR) is 86.6 cm³/mol. The van der Waals surface area contributed by atoms with Crippen LogP contribution in [0.2, 0.25) is 10.0 Å². The zero-order valence-corrected chi connectivity index (χ0v) is 14.4. The van der Waals surface area contributed by atoms with Crippen LogP contribution >= 0.6 is 23.2 Å². The Bertz CT molecular complexity index is 779. The Balaban J connectivity index is 2.16. The normalized spacial score (nSPS) is 11.9. The van der Waals surface area contributed by atoms with Crippen molar-refractivity contribution in [1.29, 1.82) is 0 Å². The second-order valence-corrected chi connectivity index (χ2v) is 7.54. The minimum atomic E-state index is -3.68. The molecule has 118 valence electrons. The summed E-state index contributed by atoms with van der Waals surface area (Å²) in [7, 11) is -3.68. The van der Waals surface area contributed by atoms with E-state index in [-0.39, 0.29) is 22.4 Å². The van der Waals surface area contributed by atoms with Crippen molar-refractivity contribution in [3.63, 3.8) is 0 Å². The van der Waals surface area contributed by atoms with Crippen molar-refractivity contribution in [2.45, 2.75) is 31.2 Å². The third-order valence-corrected chi connectivity index (χ3v) is 5.03. The highest BCUT2D eigenvalue weighted by molar-refractivity contribution is 7.89. The predicted octanol–water partition coefficient (Wildman–Crippen LogP) is 3.39. The second-order valence-electron chi connectivity index (χ2n) is 4.96. The van der Waals surface area contributed by atoms with Gasteiger partial charge in [-0.3, -0.25) is 0 Å². The Hall–Kier alpha value is -1.21. The van der Waals surface area contributed by atoms with Crippen LogP contribution in [0.25, 0.3) is 0 Å². The van der Waals surface area contributed by atoms with Crippen LogP contribution in [0.4, 0.5) is 0 Å². The zero-order chi connectivity index (χ0) is 16.3. The summed E-state index contributed by atoms with van der Waals surface area (Å²) in [6, 6.07) is 5.82. The molecule has 0 aliphatic heterocycles. The van der Waals surface area contributed by atoms with Gasteiger partial charge in [-0.25, -0.2) is 23.1 Å². The number of sulfonamides is 1. The van der Waals surface area contributed by atoms with Crippen LogP contribution in [0.3, 0.4) is 0 Å². The molecule has 8 heteroatoms. The molecule has 0 spiro atoms. The molecule has 0 radical (unpaired) electrons. The lowest BCUT2D eigenvalue weighted by molar-refractivity contribution is 0.580. The number of hydrogen-bond acceptors (Lipinski definition) is 4. The van der Waals surface area contributed by atoms with Gasteiger partial charge in [0, 0.05) is 12.1 Å². The van der Waals surface area contributed by atoms with Crippen molar-refractivity contribution in [3.05, 3.63) is 52.0 Å². The van der Waals surface area contributed by atoms with Gasteiger partial charge in [-0.2, -0.15) is 0 Å². The maximum absolute atomic E-state index is 12.2. The minimum Gasteiger partial charge on any atom is -0.241 e. The highest BCUT2D eigenvalue weighted by atomic mass is 35.5. The van der Waals surface area contributed by atoms with Crippen LogP contribution in [0.5, 0.6) is 0 Å². The smallest absolute Gasteiger partial charge is 0.240 e. The van der Waals surface area contributed by atoms with E-state index < -0.39 is 10.0 Å². The molecule has 0 aliphatic rings. The third-order valence-electron chi connectivity index (χ3n) is 2.89. The monoisotopic (exact) mass is 359 g/mol. The Labute approximate surface area is 139 Å². The van der Waals surface area contributed by atoms with Crippen LogP contribution in [-0.4, -0.2) is 18.4 Å². The lowest BCUT2D eigenvalue weighted by Gasteiger charge is -2.09. The Morgan fingerprint density at radius 3 is 2.55 bits per heavy atom. The topological polar surface area (TPSA) is 72.0 Å². The molecule has 1 aromatic heterocycles. The SMILES string of the molecule is CC(C)c1nccc(CNS(=O)(=O)c2ccc(Cl)c(Cl)c2)n1. The summed E-state index contributed by atoms with van der Waals surface area (Å²) in [6.45, 7) is 4.02. The van der Waals surface area contributed by atoms with Gasteiger partial charge in [0.25, 0.3) is 0 Å². The Kier molecular flexibility index (Phi) is 5.39. The number of halogens is 2. The van der Waals surface area contributed by atoms with Crippen molar-refractivity contribution < 1.29 is 8.42 Å². The largest absolute Gasteiger partial charge is 0.241 e. The first kappa shape index (κ1) is 17.1. The Morgan fingerprint density at radius 1 is 1.18 bits per heavy atom. The first-order valence-electron chi connectivity index (χ1n) is 6.56. The lowest BCUT2D eigenvalue weighted by Crippen LogP contribution is -2.24. The fraction of sp³-hybridized carbons (Fsp3) is 0.286. The fourth-order valence-corrected chi connectivity index (χ4v) is 3.07. The van der Waals surface area contributed by atoms with Gasteiger partial charge in [0.15, 0.2) is 0 Å². The summed E-state index contributed by atoms with van der Waals surface area (Å²) >= 11 is 11.6. The molecule has 5 nitrogen and oxygen atoms in total. The van der Waals surface area contributed by atoms with Crippen molar-refractivity contribution in [2.24, 2.45) is 0 Å². The van der Waals surface area contributed by atoms with E-state index in [0.717, 1.165) is 0 Å². The number of hydrogen-bond donors (Lipinski definition) is 1. The zero-order valence-electron chi connectivity index (χ0n) is 12.0. The molecule has 0 amide bonds. The second kappa shape index (κ2) is 6.91. The number of nitrogens with zero attached hydrogens (tertiary/aromatic N) is 2. The summed E-state index contributed by atoms with van der Waals surface area (Å²) in [4.78, 5) is 8.51. The molecule has 0 unspecified atom stereocenters. The molecule has 0 bridgehead atoms. The van der Waals surface area contributed by atoms with Crippen LogP contribution in [0.1, 0.15) is 31.3 Å². The standard InChI is InChI=1S/C14H15Cl2N3O2S/c1-9(2)14-17-6-5-10(19-14)8-18-22(20,21)11-3-4-12(15)13(16)7-11/h3-7,9,18H,8H2,1-2H3. The molecule has 0 atom stereocenters. The third kappa shape index (κ3) is 4.16. The molecule has 1 N–H and O–H groups in total. The maximum Gasteiger partial charge on any atom is 0.240 e. The van der Waals surface area contributed by atoms with Crippen LogP contribution in [0.15, 0.2) is 35.4 Å². The number of rotatable bonds is 5.